The quantitative estimate of drug-likeness (QED) is 0.698. The molecule has 0 aliphatic carbocycles. The van der Waals surface area contributed by atoms with E-state index in [9.17, 15) is 17.2 Å². The maximum Gasteiger partial charge on any atom is 0.333 e. The molecule has 1 aromatic rings. The summed E-state index contributed by atoms with van der Waals surface area (Å²) in [5.41, 5.74) is 0. The van der Waals surface area contributed by atoms with Gasteiger partial charge in [0.25, 0.3) is 9.05 Å². The van der Waals surface area contributed by atoms with E-state index in [1.165, 1.54) is 0 Å². The number of nitrogens with zero attached hydrogens (tertiary/aromatic N) is 2. The van der Waals surface area contributed by atoms with Crippen molar-refractivity contribution in [3.8, 4) is 0 Å². The normalized spacial score (nSPS) is 12.3. The molecule has 0 aliphatic heterocycles. The molecule has 0 fully saturated rings. The van der Waals surface area contributed by atoms with Gasteiger partial charge in [0, 0.05) is 16.9 Å². The fourth-order valence-electron chi connectivity index (χ4n) is 0.559. The molecule has 0 saturated heterocycles. The van der Waals surface area contributed by atoms with Crippen molar-refractivity contribution in [2.24, 2.45) is 0 Å². The maximum absolute atomic E-state index is 11.8. The third-order valence-electron chi connectivity index (χ3n) is 1.03. The lowest BCUT2D eigenvalue weighted by atomic mass is 10.7. The molecule has 0 aliphatic rings. The molecule has 12 heavy (non-hydrogen) atoms. The second-order valence-corrected chi connectivity index (χ2v) is 4.36. The Bertz CT molecular complexity index is 374. The summed E-state index contributed by atoms with van der Waals surface area (Å²) in [4.78, 5) is 0. The topological polar surface area (TPSA) is 52.0 Å². The highest BCUT2D eigenvalue weighted by Crippen LogP contribution is 2.14. The first kappa shape index (κ1) is 9.40. The summed E-state index contributed by atoms with van der Waals surface area (Å²) < 4.78 is 44.9. The van der Waals surface area contributed by atoms with Gasteiger partial charge in [-0.15, -0.1) is 0 Å². The van der Waals surface area contributed by atoms with E-state index in [-0.39, 0.29) is 4.68 Å². The van der Waals surface area contributed by atoms with Gasteiger partial charge < -0.3 is 0 Å². The third-order valence-corrected chi connectivity index (χ3v) is 2.23. The van der Waals surface area contributed by atoms with Gasteiger partial charge in [-0.2, -0.15) is 13.9 Å². The number of rotatable bonds is 2. The van der Waals surface area contributed by atoms with Crippen LogP contribution in [0.3, 0.4) is 0 Å². The standard InChI is InChI=1S/C4H3ClF2N2O2S/c5-12(10,11)3-1-2-9(8-3)4(6)7/h1-2,4H. The van der Waals surface area contributed by atoms with Gasteiger partial charge in [0.2, 0.25) is 0 Å². The molecule has 0 saturated carbocycles. The zero-order chi connectivity index (χ0) is 9.35. The largest absolute Gasteiger partial charge is 0.333 e. The zero-order valence-electron chi connectivity index (χ0n) is 5.49. The number of halogens is 3. The number of hydrogen-bond donors (Lipinski definition) is 0. The first-order valence-corrected chi connectivity index (χ1v) is 5.00. The van der Waals surface area contributed by atoms with E-state index in [2.05, 4.69) is 5.10 Å². The lowest BCUT2D eigenvalue weighted by Gasteiger charge is -1.95. The van der Waals surface area contributed by atoms with Crippen molar-refractivity contribution in [1.29, 1.82) is 0 Å². The smallest absolute Gasteiger partial charge is 0.210 e. The summed E-state index contributed by atoms with van der Waals surface area (Å²) in [7, 11) is 0.819. The Morgan fingerprint density at radius 2 is 2.17 bits per heavy atom. The molecule has 0 atom stereocenters. The van der Waals surface area contributed by atoms with E-state index < -0.39 is 20.6 Å². The Morgan fingerprint density at radius 1 is 1.58 bits per heavy atom. The van der Waals surface area contributed by atoms with Crippen molar-refractivity contribution in [3.05, 3.63) is 12.3 Å². The Balaban J connectivity index is 3.09. The van der Waals surface area contributed by atoms with Crippen molar-refractivity contribution in [3.63, 3.8) is 0 Å². The summed E-state index contributed by atoms with van der Waals surface area (Å²) in [6.45, 7) is -2.86. The van der Waals surface area contributed by atoms with E-state index in [4.69, 9.17) is 10.7 Å². The lowest BCUT2D eigenvalue weighted by Crippen LogP contribution is -2.00. The summed E-state index contributed by atoms with van der Waals surface area (Å²) >= 11 is 0. The molecule has 68 valence electrons. The van der Waals surface area contributed by atoms with Gasteiger partial charge in [-0.1, -0.05) is 0 Å². The van der Waals surface area contributed by atoms with E-state index in [0.29, 0.717) is 0 Å². The van der Waals surface area contributed by atoms with Crippen LogP contribution in [0.5, 0.6) is 0 Å². The first-order valence-electron chi connectivity index (χ1n) is 2.69. The highest BCUT2D eigenvalue weighted by atomic mass is 35.7. The van der Waals surface area contributed by atoms with E-state index in [1.807, 2.05) is 0 Å². The molecule has 0 spiro atoms. The summed E-state index contributed by atoms with van der Waals surface area (Å²) in [6.07, 6.45) is 0.833. The number of hydrogen-bond acceptors (Lipinski definition) is 3. The van der Waals surface area contributed by atoms with Gasteiger partial charge in [-0.3, -0.25) is 0 Å². The van der Waals surface area contributed by atoms with E-state index in [0.717, 1.165) is 12.3 Å². The minimum atomic E-state index is -4.01. The average molecular weight is 217 g/mol. The van der Waals surface area contributed by atoms with E-state index in [1.54, 1.807) is 0 Å². The SMILES string of the molecule is O=S(=O)(Cl)c1ccn(C(F)F)n1. The van der Waals surface area contributed by atoms with Crippen molar-refractivity contribution in [1.82, 2.24) is 9.78 Å². The Labute approximate surface area is 71.2 Å². The number of aromatic nitrogens is 2. The van der Waals surface area contributed by atoms with Crippen molar-refractivity contribution < 1.29 is 17.2 Å². The monoisotopic (exact) mass is 216 g/mol. The molecule has 0 amide bonds. The van der Waals surface area contributed by atoms with Crippen molar-refractivity contribution in [2.45, 2.75) is 11.6 Å². The van der Waals surface area contributed by atoms with Crippen LogP contribution in [0.4, 0.5) is 8.78 Å². The van der Waals surface area contributed by atoms with Gasteiger partial charge in [0.1, 0.15) is 0 Å². The minimum absolute atomic E-state index is 0.204. The Hall–Kier alpha value is -0.690. The molecular formula is C4H3ClF2N2O2S. The lowest BCUT2D eigenvalue weighted by molar-refractivity contribution is 0.0553. The van der Waals surface area contributed by atoms with Gasteiger partial charge >= 0.3 is 6.55 Å². The van der Waals surface area contributed by atoms with Crippen LogP contribution in [0.15, 0.2) is 17.3 Å². The van der Waals surface area contributed by atoms with Crippen LogP contribution in [0.1, 0.15) is 6.55 Å². The first-order chi connectivity index (χ1) is 5.41. The van der Waals surface area contributed by atoms with Crippen LogP contribution in [0.2, 0.25) is 0 Å². The summed E-state index contributed by atoms with van der Waals surface area (Å²) in [5, 5.41) is 2.45. The zero-order valence-corrected chi connectivity index (χ0v) is 7.06. The predicted octanol–water partition coefficient (Wildman–Crippen LogP) is 1.21. The molecule has 0 N–H and O–H groups in total. The van der Waals surface area contributed by atoms with Gasteiger partial charge in [0.05, 0.1) is 0 Å². The molecule has 1 rings (SSSR count). The highest BCUT2D eigenvalue weighted by molar-refractivity contribution is 8.13. The van der Waals surface area contributed by atoms with Crippen LogP contribution in [0.25, 0.3) is 0 Å². The molecule has 0 aromatic carbocycles. The maximum atomic E-state index is 11.8. The molecule has 4 nitrogen and oxygen atoms in total. The van der Waals surface area contributed by atoms with Gasteiger partial charge in [-0.05, 0) is 6.07 Å². The van der Waals surface area contributed by atoms with Crippen LogP contribution in [0, 0.1) is 0 Å². The van der Waals surface area contributed by atoms with Crippen LogP contribution >= 0.6 is 10.7 Å². The number of alkyl halides is 2. The summed E-state index contributed by atoms with van der Waals surface area (Å²) in [6, 6.07) is 0.897. The average Bonchev–Trinajstić information content (AvgIpc) is 2.30. The minimum Gasteiger partial charge on any atom is -0.210 e. The summed E-state index contributed by atoms with van der Waals surface area (Å²) in [5.74, 6) is 0. The molecular weight excluding hydrogens is 214 g/mol. The van der Waals surface area contributed by atoms with Crippen LogP contribution < -0.4 is 0 Å². The Kier molecular flexibility index (Phi) is 2.34. The van der Waals surface area contributed by atoms with Crippen molar-refractivity contribution in [2.75, 3.05) is 0 Å². The molecule has 0 bridgehead atoms. The molecule has 0 radical (unpaired) electrons. The second kappa shape index (κ2) is 2.98. The Morgan fingerprint density at radius 3 is 2.42 bits per heavy atom. The van der Waals surface area contributed by atoms with Gasteiger partial charge in [-0.25, -0.2) is 13.1 Å². The highest BCUT2D eigenvalue weighted by Gasteiger charge is 2.16. The van der Waals surface area contributed by atoms with Crippen LogP contribution in [-0.4, -0.2) is 18.2 Å². The predicted molar refractivity (Wildman–Crippen MR) is 36.5 cm³/mol. The van der Waals surface area contributed by atoms with Crippen LogP contribution in [-0.2, 0) is 9.05 Å². The molecule has 8 heteroatoms. The van der Waals surface area contributed by atoms with Gasteiger partial charge in [0.15, 0.2) is 5.03 Å². The van der Waals surface area contributed by atoms with Crippen molar-refractivity contribution >= 4 is 19.7 Å². The molecule has 1 heterocycles. The fraction of sp³-hybridized carbons (Fsp3) is 0.250. The molecule has 0 unspecified atom stereocenters. The molecule has 1 aromatic heterocycles. The van der Waals surface area contributed by atoms with E-state index >= 15 is 0 Å². The second-order valence-electron chi connectivity index (χ2n) is 1.85. The fourth-order valence-corrected chi connectivity index (χ4v) is 1.22. The third kappa shape index (κ3) is 1.92.